The Morgan fingerprint density at radius 3 is 2.65 bits per heavy atom. The number of benzene rings is 2. The highest BCUT2D eigenvalue weighted by Gasteiger charge is 2.10. The van der Waals surface area contributed by atoms with Gasteiger partial charge in [-0.25, -0.2) is 4.39 Å². The highest BCUT2D eigenvalue weighted by atomic mass is 35.5. The maximum absolute atomic E-state index is 13.0. The van der Waals surface area contributed by atoms with Gasteiger partial charge in [-0.15, -0.1) is 0 Å². The summed E-state index contributed by atoms with van der Waals surface area (Å²) in [6.07, 6.45) is -0.617. The van der Waals surface area contributed by atoms with Gasteiger partial charge in [-0.2, -0.15) is 0 Å². The Morgan fingerprint density at radius 2 is 2.00 bits per heavy atom. The van der Waals surface area contributed by atoms with Crippen LogP contribution in [0.4, 0.5) is 4.39 Å². The van der Waals surface area contributed by atoms with Gasteiger partial charge in [0, 0.05) is 11.1 Å². The van der Waals surface area contributed by atoms with E-state index in [4.69, 9.17) is 16.3 Å². The molecule has 0 aliphatic heterocycles. The third kappa shape index (κ3) is 3.50. The molecule has 0 aromatic heterocycles. The number of ether oxygens (including phenoxy) is 1. The zero-order chi connectivity index (χ0) is 14.7. The molecule has 0 radical (unpaired) electrons. The van der Waals surface area contributed by atoms with Gasteiger partial charge < -0.3 is 9.84 Å². The van der Waals surface area contributed by atoms with Crippen molar-refractivity contribution in [1.29, 1.82) is 0 Å². The van der Waals surface area contributed by atoms with E-state index in [1.54, 1.807) is 13.0 Å². The summed E-state index contributed by atoms with van der Waals surface area (Å²) >= 11 is 5.95. The Balaban J connectivity index is 2.18. The summed E-state index contributed by atoms with van der Waals surface area (Å²) < 4.78 is 18.7. The molecule has 2 rings (SSSR count). The SMILES string of the molecule is Cc1ccc(OCc2ccc(F)cc2Cl)c([C@H](C)O)c1. The second-order valence-corrected chi connectivity index (χ2v) is 5.15. The number of aliphatic hydroxyl groups excluding tert-OH is 1. The van der Waals surface area contributed by atoms with Gasteiger partial charge in [0.1, 0.15) is 18.2 Å². The molecule has 0 aliphatic carbocycles. The van der Waals surface area contributed by atoms with Gasteiger partial charge in [0.05, 0.1) is 11.1 Å². The molecule has 2 aromatic carbocycles. The molecule has 0 saturated carbocycles. The van der Waals surface area contributed by atoms with Crippen LogP contribution in [0.2, 0.25) is 5.02 Å². The molecule has 2 nitrogen and oxygen atoms in total. The summed E-state index contributed by atoms with van der Waals surface area (Å²) in [4.78, 5) is 0. The topological polar surface area (TPSA) is 29.5 Å². The quantitative estimate of drug-likeness (QED) is 0.904. The van der Waals surface area contributed by atoms with Crippen LogP contribution < -0.4 is 4.74 Å². The van der Waals surface area contributed by atoms with Crippen LogP contribution in [0.25, 0.3) is 0 Å². The van der Waals surface area contributed by atoms with Crippen molar-refractivity contribution in [2.75, 3.05) is 0 Å². The molecule has 4 heteroatoms. The third-order valence-electron chi connectivity index (χ3n) is 3.01. The first-order valence-electron chi connectivity index (χ1n) is 6.32. The van der Waals surface area contributed by atoms with E-state index < -0.39 is 6.10 Å². The molecular formula is C16H16ClFO2. The summed E-state index contributed by atoms with van der Waals surface area (Å²) in [6.45, 7) is 3.86. The summed E-state index contributed by atoms with van der Waals surface area (Å²) in [5.41, 5.74) is 2.47. The highest BCUT2D eigenvalue weighted by Crippen LogP contribution is 2.28. The third-order valence-corrected chi connectivity index (χ3v) is 3.37. The monoisotopic (exact) mass is 294 g/mol. The molecule has 0 spiro atoms. The average Bonchev–Trinajstić information content (AvgIpc) is 2.38. The number of aliphatic hydroxyl groups is 1. The van der Waals surface area contributed by atoms with Crippen LogP contribution in [0, 0.1) is 12.7 Å². The van der Waals surface area contributed by atoms with Crippen molar-refractivity contribution in [3.8, 4) is 5.75 Å². The van der Waals surface area contributed by atoms with Crippen molar-refractivity contribution in [2.24, 2.45) is 0 Å². The predicted molar refractivity (Wildman–Crippen MR) is 77.6 cm³/mol. The van der Waals surface area contributed by atoms with Crippen molar-refractivity contribution in [3.05, 3.63) is 63.9 Å². The standard InChI is InChI=1S/C16H16ClFO2/c1-10-3-6-16(14(7-10)11(2)19)20-9-12-4-5-13(18)8-15(12)17/h3-8,11,19H,9H2,1-2H3/t11-/m0/s1. The fraction of sp³-hybridized carbons (Fsp3) is 0.250. The molecule has 1 N–H and O–H groups in total. The minimum Gasteiger partial charge on any atom is -0.488 e. The Hall–Kier alpha value is -1.58. The first-order valence-corrected chi connectivity index (χ1v) is 6.70. The molecular weight excluding hydrogens is 279 g/mol. The zero-order valence-electron chi connectivity index (χ0n) is 11.4. The van der Waals surface area contributed by atoms with Crippen LogP contribution in [0.5, 0.6) is 5.75 Å². The summed E-state index contributed by atoms with van der Waals surface area (Å²) in [5.74, 6) is 0.227. The largest absolute Gasteiger partial charge is 0.488 e. The molecule has 20 heavy (non-hydrogen) atoms. The lowest BCUT2D eigenvalue weighted by Crippen LogP contribution is -2.02. The van der Waals surface area contributed by atoms with E-state index in [1.807, 2.05) is 25.1 Å². The van der Waals surface area contributed by atoms with Gasteiger partial charge in [-0.1, -0.05) is 29.3 Å². The van der Waals surface area contributed by atoms with E-state index >= 15 is 0 Å². The van der Waals surface area contributed by atoms with Crippen LogP contribution >= 0.6 is 11.6 Å². The lowest BCUT2D eigenvalue weighted by molar-refractivity contribution is 0.190. The maximum atomic E-state index is 13.0. The van der Waals surface area contributed by atoms with Crippen molar-refractivity contribution in [2.45, 2.75) is 26.6 Å². The van der Waals surface area contributed by atoms with E-state index in [0.29, 0.717) is 16.3 Å². The number of rotatable bonds is 4. The van der Waals surface area contributed by atoms with Gasteiger partial charge >= 0.3 is 0 Å². The second-order valence-electron chi connectivity index (χ2n) is 4.74. The van der Waals surface area contributed by atoms with E-state index in [0.717, 1.165) is 11.1 Å². The highest BCUT2D eigenvalue weighted by molar-refractivity contribution is 6.31. The van der Waals surface area contributed by atoms with Gasteiger partial charge in [0.2, 0.25) is 0 Å². The Labute approximate surface area is 122 Å². The normalized spacial score (nSPS) is 12.2. The Bertz CT molecular complexity index is 611. The van der Waals surface area contributed by atoms with E-state index in [1.165, 1.54) is 12.1 Å². The molecule has 0 saturated heterocycles. The first kappa shape index (κ1) is 14.8. The van der Waals surface area contributed by atoms with Gasteiger partial charge in [0.25, 0.3) is 0 Å². The average molecular weight is 295 g/mol. The summed E-state index contributed by atoms with van der Waals surface area (Å²) in [7, 11) is 0. The predicted octanol–water partition coefficient (Wildman–Crippen LogP) is 4.42. The molecule has 0 unspecified atom stereocenters. The van der Waals surface area contributed by atoms with Crippen molar-refractivity contribution < 1.29 is 14.2 Å². The van der Waals surface area contributed by atoms with Crippen molar-refractivity contribution in [1.82, 2.24) is 0 Å². The molecule has 0 fully saturated rings. The Kier molecular flexibility index (Phi) is 4.63. The lowest BCUT2D eigenvalue weighted by Gasteiger charge is -2.15. The molecule has 1 atom stereocenters. The van der Waals surface area contributed by atoms with Gasteiger partial charge in [0.15, 0.2) is 0 Å². The van der Waals surface area contributed by atoms with Crippen LogP contribution in [-0.2, 0) is 6.61 Å². The maximum Gasteiger partial charge on any atom is 0.125 e. The van der Waals surface area contributed by atoms with E-state index in [2.05, 4.69) is 0 Å². The summed E-state index contributed by atoms with van der Waals surface area (Å²) in [6, 6.07) is 9.79. The van der Waals surface area contributed by atoms with Crippen molar-refractivity contribution >= 4 is 11.6 Å². The lowest BCUT2D eigenvalue weighted by atomic mass is 10.1. The number of hydrogen-bond acceptors (Lipinski definition) is 2. The van der Waals surface area contributed by atoms with Crippen LogP contribution in [0.3, 0.4) is 0 Å². The van der Waals surface area contributed by atoms with E-state index in [-0.39, 0.29) is 12.4 Å². The van der Waals surface area contributed by atoms with E-state index in [9.17, 15) is 9.50 Å². The first-order chi connectivity index (χ1) is 9.47. The van der Waals surface area contributed by atoms with Crippen LogP contribution in [0.15, 0.2) is 36.4 Å². The number of halogens is 2. The molecule has 0 aliphatic rings. The zero-order valence-corrected chi connectivity index (χ0v) is 12.1. The number of hydrogen-bond donors (Lipinski definition) is 1. The fourth-order valence-corrected chi connectivity index (χ4v) is 2.14. The smallest absolute Gasteiger partial charge is 0.125 e. The number of aryl methyl sites for hydroxylation is 1. The second kappa shape index (κ2) is 6.25. The fourth-order valence-electron chi connectivity index (χ4n) is 1.92. The van der Waals surface area contributed by atoms with Gasteiger partial charge in [-0.05, 0) is 38.1 Å². The minimum absolute atomic E-state index is 0.224. The van der Waals surface area contributed by atoms with Crippen molar-refractivity contribution in [3.63, 3.8) is 0 Å². The molecule has 2 aromatic rings. The molecule has 106 valence electrons. The molecule has 0 amide bonds. The van der Waals surface area contributed by atoms with Crippen LogP contribution in [0.1, 0.15) is 29.7 Å². The van der Waals surface area contributed by atoms with Gasteiger partial charge in [-0.3, -0.25) is 0 Å². The Morgan fingerprint density at radius 1 is 1.25 bits per heavy atom. The molecule has 0 heterocycles. The molecule has 0 bridgehead atoms. The minimum atomic E-state index is -0.617. The summed E-state index contributed by atoms with van der Waals surface area (Å²) in [5, 5.41) is 10.1. The van der Waals surface area contributed by atoms with Crippen LogP contribution in [-0.4, -0.2) is 5.11 Å².